The number of rotatable bonds is 2. The maximum atomic E-state index is 14.2. The molecule has 0 amide bonds. The number of likely N-dealkylation sites (tertiary alicyclic amines) is 1. The van der Waals surface area contributed by atoms with Crippen LogP contribution in [0.25, 0.3) is 5.69 Å². The first-order chi connectivity index (χ1) is 10.7. The Morgan fingerprint density at radius 3 is 2.77 bits per heavy atom. The molecule has 1 aromatic heterocycles. The number of nitrogens with one attached hydrogen (secondary N) is 1. The van der Waals surface area contributed by atoms with E-state index in [1.807, 2.05) is 6.07 Å². The zero-order valence-corrected chi connectivity index (χ0v) is 12.8. The highest BCUT2D eigenvalue weighted by atomic mass is 19.1. The molecule has 2 aliphatic heterocycles. The van der Waals surface area contributed by atoms with Crippen molar-refractivity contribution >= 4 is 5.82 Å². The summed E-state index contributed by atoms with van der Waals surface area (Å²) in [6.07, 6.45) is 3.26. The second kappa shape index (κ2) is 5.39. The molecular formula is C17H21FN4. The summed E-state index contributed by atoms with van der Waals surface area (Å²) in [7, 11) is 2.17. The second-order valence-corrected chi connectivity index (χ2v) is 6.33. The van der Waals surface area contributed by atoms with Gasteiger partial charge < -0.3 is 10.2 Å². The highest BCUT2D eigenvalue weighted by Crippen LogP contribution is 2.36. The Morgan fingerprint density at radius 1 is 1.23 bits per heavy atom. The number of halogens is 1. The predicted octanol–water partition coefficient (Wildman–Crippen LogP) is 2.79. The van der Waals surface area contributed by atoms with E-state index in [-0.39, 0.29) is 5.82 Å². The SMILES string of the molecule is CN1CCC(c2nn(-c3ccccc3F)c3c2CCN3)CC1. The van der Waals surface area contributed by atoms with Gasteiger partial charge in [-0.15, -0.1) is 0 Å². The topological polar surface area (TPSA) is 33.1 Å². The van der Waals surface area contributed by atoms with Gasteiger partial charge in [-0.1, -0.05) is 12.1 Å². The van der Waals surface area contributed by atoms with Crippen molar-refractivity contribution in [1.29, 1.82) is 0 Å². The average molecular weight is 300 g/mol. The van der Waals surface area contributed by atoms with Gasteiger partial charge in [0.05, 0.1) is 5.69 Å². The van der Waals surface area contributed by atoms with E-state index < -0.39 is 0 Å². The number of hydrogen-bond acceptors (Lipinski definition) is 3. The lowest BCUT2D eigenvalue weighted by atomic mass is 9.91. The van der Waals surface area contributed by atoms with Crippen molar-refractivity contribution in [3.8, 4) is 5.69 Å². The summed E-state index contributed by atoms with van der Waals surface area (Å²) >= 11 is 0. The van der Waals surface area contributed by atoms with Crippen molar-refractivity contribution < 1.29 is 4.39 Å². The number of anilines is 1. The van der Waals surface area contributed by atoms with Gasteiger partial charge in [-0.3, -0.25) is 0 Å². The molecule has 116 valence electrons. The fourth-order valence-electron chi connectivity index (χ4n) is 3.61. The van der Waals surface area contributed by atoms with Gasteiger partial charge >= 0.3 is 0 Å². The molecule has 1 saturated heterocycles. The second-order valence-electron chi connectivity index (χ2n) is 6.33. The van der Waals surface area contributed by atoms with Crippen molar-refractivity contribution in [2.24, 2.45) is 0 Å². The molecule has 0 aliphatic carbocycles. The van der Waals surface area contributed by atoms with Crippen LogP contribution >= 0.6 is 0 Å². The van der Waals surface area contributed by atoms with Crippen LogP contribution in [0.2, 0.25) is 0 Å². The number of hydrogen-bond donors (Lipinski definition) is 1. The van der Waals surface area contributed by atoms with Gasteiger partial charge in [-0.2, -0.15) is 5.10 Å². The molecule has 5 heteroatoms. The van der Waals surface area contributed by atoms with Crippen LogP contribution < -0.4 is 5.32 Å². The number of benzene rings is 1. The molecular weight excluding hydrogens is 279 g/mol. The smallest absolute Gasteiger partial charge is 0.148 e. The molecule has 4 rings (SSSR count). The largest absolute Gasteiger partial charge is 0.369 e. The monoisotopic (exact) mass is 300 g/mol. The molecule has 2 aliphatic rings. The lowest BCUT2D eigenvalue weighted by molar-refractivity contribution is 0.252. The molecule has 1 aromatic carbocycles. The van der Waals surface area contributed by atoms with E-state index in [1.54, 1.807) is 16.8 Å². The fraction of sp³-hybridized carbons (Fsp3) is 0.471. The van der Waals surface area contributed by atoms with E-state index in [1.165, 1.54) is 17.3 Å². The Bertz CT molecular complexity index is 686. The average Bonchev–Trinajstić information content (AvgIpc) is 3.11. The molecule has 0 unspecified atom stereocenters. The highest BCUT2D eigenvalue weighted by Gasteiger charge is 2.30. The predicted molar refractivity (Wildman–Crippen MR) is 85.2 cm³/mol. The van der Waals surface area contributed by atoms with E-state index in [4.69, 9.17) is 5.10 Å². The van der Waals surface area contributed by atoms with Crippen molar-refractivity contribution in [3.63, 3.8) is 0 Å². The minimum atomic E-state index is -0.226. The first-order valence-corrected chi connectivity index (χ1v) is 8.03. The van der Waals surface area contributed by atoms with Crippen molar-refractivity contribution in [2.75, 3.05) is 32.0 Å². The normalized spacial score (nSPS) is 19.2. The summed E-state index contributed by atoms with van der Waals surface area (Å²) < 4.78 is 15.9. The van der Waals surface area contributed by atoms with Gasteiger partial charge in [0.1, 0.15) is 17.3 Å². The molecule has 4 nitrogen and oxygen atoms in total. The Kier molecular flexibility index (Phi) is 3.37. The molecule has 0 radical (unpaired) electrons. The fourth-order valence-corrected chi connectivity index (χ4v) is 3.61. The third-order valence-corrected chi connectivity index (χ3v) is 4.87. The molecule has 2 aromatic rings. The van der Waals surface area contributed by atoms with Gasteiger partial charge in [0.2, 0.25) is 0 Å². The molecule has 1 fully saturated rings. The van der Waals surface area contributed by atoms with E-state index in [0.29, 0.717) is 11.6 Å². The van der Waals surface area contributed by atoms with Crippen LogP contribution in [0.1, 0.15) is 30.0 Å². The van der Waals surface area contributed by atoms with Crippen LogP contribution in [0.15, 0.2) is 24.3 Å². The first kappa shape index (κ1) is 13.8. The summed E-state index contributed by atoms with van der Waals surface area (Å²) in [5.41, 5.74) is 3.00. The third kappa shape index (κ3) is 2.20. The minimum Gasteiger partial charge on any atom is -0.369 e. The molecule has 0 saturated carbocycles. The quantitative estimate of drug-likeness (QED) is 0.926. The Balaban J connectivity index is 1.76. The standard InChI is InChI=1S/C17H21FN4/c1-21-10-7-12(8-11-21)16-13-6-9-19-17(13)22(20-16)15-5-3-2-4-14(15)18/h2-5,12,19H,6-11H2,1H3. The van der Waals surface area contributed by atoms with Crippen LogP contribution in [-0.4, -0.2) is 41.4 Å². The van der Waals surface area contributed by atoms with Crippen LogP contribution in [0.4, 0.5) is 10.2 Å². The van der Waals surface area contributed by atoms with E-state index in [2.05, 4.69) is 17.3 Å². The van der Waals surface area contributed by atoms with Crippen LogP contribution in [-0.2, 0) is 6.42 Å². The maximum absolute atomic E-state index is 14.2. The third-order valence-electron chi connectivity index (χ3n) is 4.87. The van der Waals surface area contributed by atoms with Gasteiger partial charge in [-0.05, 0) is 51.5 Å². The zero-order valence-electron chi connectivity index (χ0n) is 12.8. The summed E-state index contributed by atoms with van der Waals surface area (Å²) in [5.74, 6) is 1.26. The highest BCUT2D eigenvalue weighted by molar-refractivity contribution is 5.58. The number of para-hydroxylation sites is 1. The molecule has 1 N–H and O–H groups in total. The molecule has 0 spiro atoms. The molecule has 22 heavy (non-hydrogen) atoms. The van der Waals surface area contributed by atoms with Gasteiger partial charge in [-0.25, -0.2) is 9.07 Å². The summed E-state index contributed by atoms with van der Waals surface area (Å²) in [5, 5.41) is 8.19. The number of fused-ring (bicyclic) bond motifs is 1. The van der Waals surface area contributed by atoms with Crippen LogP contribution in [0.3, 0.4) is 0 Å². The molecule has 0 bridgehead atoms. The van der Waals surface area contributed by atoms with Crippen molar-refractivity contribution in [1.82, 2.24) is 14.7 Å². The summed E-state index contributed by atoms with van der Waals surface area (Å²) in [6, 6.07) is 6.86. The number of aromatic nitrogens is 2. The van der Waals surface area contributed by atoms with Crippen LogP contribution in [0, 0.1) is 5.82 Å². The van der Waals surface area contributed by atoms with Gasteiger partial charge in [0.15, 0.2) is 0 Å². The first-order valence-electron chi connectivity index (χ1n) is 8.03. The maximum Gasteiger partial charge on any atom is 0.148 e. The van der Waals surface area contributed by atoms with Gasteiger partial charge in [0, 0.05) is 18.0 Å². The van der Waals surface area contributed by atoms with Crippen molar-refractivity contribution in [2.45, 2.75) is 25.2 Å². The Hall–Kier alpha value is -1.88. The number of nitrogens with zero attached hydrogens (tertiary/aromatic N) is 3. The van der Waals surface area contributed by atoms with Crippen molar-refractivity contribution in [3.05, 3.63) is 41.3 Å². The molecule has 0 atom stereocenters. The minimum absolute atomic E-state index is 0.226. The van der Waals surface area contributed by atoms with E-state index in [9.17, 15) is 4.39 Å². The summed E-state index contributed by atoms with van der Waals surface area (Å²) in [6.45, 7) is 3.14. The summed E-state index contributed by atoms with van der Waals surface area (Å²) in [4.78, 5) is 2.36. The Morgan fingerprint density at radius 2 is 2.00 bits per heavy atom. The van der Waals surface area contributed by atoms with Crippen LogP contribution in [0.5, 0.6) is 0 Å². The van der Waals surface area contributed by atoms with E-state index in [0.717, 1.165) is 44.7 Å². The number of piperidine rings is 1. The molecule has 3 heterocycles. The zero-order chi connectivity index (χ0) is 15.1. The Labute approximate surface area is 129 Å². The van der Waals surface area contributed by atoms with Gasteiger partial charge in [0.25, 0.3) is 0 Å². The van der Waals surface area contributed by atoms with E-state index >= 15 is 0 Å². The lowest BCUT2D eigenvalue weighted by Gasteiger charge is -2.28. The lowest BCUT2D eigenvalue weighted by Crippen LogP contribution is -2.29.